The number of nitrogens with zero attached hydrogens (tertiary/aromatic N) is 1. The smallest absolute Gasteiger partial charge is 0.328 e. The summed E-state index contributed by atoms with van der Waals surface area (Å²) >= 11 is 0. The van der Waals surface area contributed by atoms with E-state index in [1.54, 1.807) is 6.92 Å². The van der Waals surface area contributed by atoms with Crippen LogP contribution in [-0.2, 0) is 9.53 Å². The number of aliphatic carboxylic acids is 1. The van der Waals surface area contributed by atoms with E-state index in [2.05, 4.69) is 5.32 Å². The lowest BCUT2D eigenvalue weighted by Gasteiger charge is -2.23. The molecule has 0 saturated heterocycles. The van der Waals surface area contributed by atoms with Crippen LogP contribution in [-0.4, -0.2) is 66.6 Å². The van der Waals surface area contributed by atoms with E-state index in [9.17, 15) is 9.59 Å². The molecule has 0 aromatic carbocycles. The number of urea groups is 1. The summed E-state index contributed by atoms with van der Waals surface area (Å²) in [4.78, 5) is 23.9. The molecule has 0 spiro atoms. The van der Waals surface area contributed by atoms with E-state index in [-0.39, 0.29) is 13.2 Å². The van der Waals surface area contributed by atoms with Crippen LogP contribution in [0.1, 0.15) is 13.3 Å². The molecule has 0 bridgehead atoms. The number of amides is 2. The first-order valence-corrected chi connectivity index (χ1v) is 5.44. The van der Waals surface area contributed by atoms with Crippen molar-refractivity contribution in [3.8, 4) is 0 Å². The number of aliphatic hydroxyl groups excluding tert-OH is 1. The number of rotatable bonds is 8. The quantitative estimate of drug-likeness (QED) is 0.538. The molecule has 0 aromatic rings. The fourth-order valence-electron chi connectivity index (χ4n) is 1.25. The maximum Gasteiger partial charge on any atom is 0.328 e. The highest BCUT2D eigenvalue weighted by atomic mass is 16.5. The van der Waals surface area contributed by atoms with Crippen molar-refractivity contribution in [2.24, 2.45) is 0 Å². The van der Waals surface area contributed by atoms with Gasteiger partial charge in [0, 0.05) is 26.8 Å². The first-order valence-electron chi connectivity index (χ1n) is 5.44. The number of hydrogen-bond acceptors (Lipinski definition) is 4. The van der Waals surface area contributed by atoms with Gasteiger partial charge in [0.1, 0.15) is 0 Å². The molecule has 0 heterocycles. The molecule has 2 amide bonds. The predicted octanol–water partition coefficient (Wildman–Crippen LogP) is -0.500. The number of carbonyl (C=O) groups is 2. The molecular formula is C10H20N2O5. The van der Waals surface area contributed by atoms with Crippen LogP contribution in [0, 0.1) is 0 Å². The molecule has 100 valence electrons. The Bertz CT molecular complexity index is 247. The van der Waals surface area contributed by atoms with E-state index in [0.29, 0.717) is 19.5 Å². The number of ether oxygens (including phenoxy) is 1. The molecule has 0 aliphatic carbocycles. The van der Waals surface area contributed by atoms with Gasteiger partial charge in [0.15, 0.2) is 6.04 Å². The van der Waals surface area contributed by atoms with Gasteiger partial charge >= 0.3 is 12.0 Å². The largest absolute Gasteiger partial charge is 0.480 e. The topological polar surface area (TPSA) is 99.1 Å². The van der Waals surface area contributed by atoms with Gasteiger partial charge in [0.2, 0.25) is 0 Å². The summed E-state index contributed by atoms with van der Waals surface area (Å²) in [7, 11) is 1.37. The summed E-state index contributed by atoms with van der Waals surface area (Å²) in [6, 6.07) is -1.53. The minimum atomic E-state index is -1.14. The number of hydrogen-bond donors (Lipinski definition) is 3. The van der Waals surface area contributed by atoms with E-state index in [0.717, 1.165) is 0 Å². The first kappa shape index (κ1) is 15.7. The Labute approximate surface area is 100 Å². The molecule has 7 heteroatoms. The molecule has 1 unspecified atom stereocenters. The second kappa shape index (κ2) is 8.77. The minimum absolute atomic E-state index is 0.00971. The van der Waals surface area contributed by atoms with Gasteiger partial charge < -0.3 is 25.2 Å². The highest BCUT2D eigenvalue weighted by Crippen LogP contribution is 1.95. The van der Waals surface area contributed by atoms with E-state index >= 15 is 0 Å². The first-order chi connectivity index (χ1) is 8.06. The van der Waals surface area contributed by atoms with Crippen molar-refractivity contribution in [3.05, 3.63) is 0 Å². The third-order valence-electron chi connectivity index (χ3n) is 2.18. The molecule has 0 radical (unpaired) electrons. The molecule has 17 heavy (non-hydrogen) atoms. The van der Waals surface area contributed by atoms with Crippen molar-refractivity contribution in [2.45, 2.75) is 19.4 Å². The van der Waals surface area contributed by atoms with E-state index in [1.165, 1.54) is 12.0 Å². The van der Waals surface area contributed by atoms with Crippen LogP contribution in [0.25, 0.3) is 0 Å². The Morgan fingerprint density at radius 3 is 2.53 bits per heavy atom. The Kier molecular flexibility index (Phi) is 8.08. The lowest BCUT2D eigenvalue weighted by molar-refractivity contribution is -0.140. The monoisotopic (exact) mass is 248 g/mol. The average Bonchev–Trinajstić information content (AvgIpc) is 2.29. The lowest BCUT2D eigenvalue weighted by Crippen LogP contribution is -2.50. The van der Waals surface area contributed by atoms with Crippen molar-refractivity contribution in [1.29, 1.82) is 0 Å². The number of carboxylic acids is 1. The SMILES string of the molecule is CCN(CCCO)C(=O)NC(COC)C(=O)O. The van der Waals surface area contributed by atoms with Crippen molar-refractivity contribution in [2.75, 3.05) is 33.4 Å². The number of nitrogens with one attached hydrogen (secondary N) is 1. The van der Waals surface area contributed by atoms with Gasteiger partial charge in [-0.2, -0.15) is 0 Å². The number of carbonyl (C=O) groups excluding carboxylic acids is 1. The van der Waals surface area contributed by atoms with Crippen molar-refractivity contribution in [1.82, 2.24) is 10.2 Å². The zero-order chi connectivity index (χ0) is 13.3. The van der Waals surface area contributed by atoms with Gasteiger partial charge in [-0.25, -0.2) is 9.59 Å². The average molecular weight is 248 g/mol. The van der Waals surface area contributed by atoms with E-state index in [1.807, 2.05) is 0 Å². The van der Waals surface area contributed by atoms with Crippen molar-refractivity contribution < 1.29 is 24.5 Å². The highest BCUT2D eigenvalue weighted by Gasteiger charge is 2.22. The van der Waals surface area contributed by atoms with Gasteiger partial charge in [-0.3, -0.25) is 0 Å². The summed E-state index contributed by atoms with van der Waals surface area (Å²) in [5, 5.41) is 19.9. The lowest BCUT2D eigenvalue weighted by atomic mass is 10.3. The van der Waals surface area contributed by atoms with Gasteiger partial charge in [-0.1, -0.05) is 0 Å². The van der Waals surface area contributed by atoms with Gasteiger partial charge in [0.05, 0.1) is 6.61 Å². The summed E-state index contributed by atoms with van der Waals surface area (Å²) in [6.45, 7) is 2.52. The van der Waals surface area contributed by atoms with Gasteiger partial charge in [-0.05, 0) is 13.3 Å². The summed E-state index contributed by atoms with van der Waals surface area (Å²) in [6.07, 6.45) is 0.462. The van der Waals surface area contributed by atoms with E-state index in [4.69, 9.17) is 14.9 Å². The molecule has 0 saturated carbocycles. The van der Waals surface area contributed by atoms with Crippen molar-refractivity contribution in [3.63, 3.8) is 0 Å². The van der Waals surface area contributed by atoms with E-state index < -0.39 is 18.0 Å². The van der Waals surface area contributed by atoms with Gasteiger partial charge in [0.25, 0.3) is 0 Å². The summed E-state index contributed by atoms with van der Waals surface area (Å²) < 4.78 is 4.71. The van der Waals surface area contributed by atoms with Crippen LogP contribution in [0.5, 0.6) is 0 Å². The maximum atomic E-state index is 11.7. The molecule has 7 nitrogen and oxygen atoms in total. The molecule has 0 aromatic heterocycles. The van der Waals surface area contributed by atoms with Crippen LogP contribution in [0.15, 0.2) is 0 Å². The van der Waals surface area contributed by atoms with Crippen molar-refractivity contribution >= 4 is 12.0 Å². The zero-order valence-corrected chi connectivity index (χ0v) is 10.2. The third kappa shape index (κ3) is 6.08. The molecule has 3 N–H and O–H groups in total. The number of aliphatic hydroxyl groups is 1. The fraction of sp³-hybridized carbons (Fsp3) is 0.800. The maximum absolute atomic E-state index is 11.7. The van der Waals surface area contributed by atoms with Crippen LogP contribution in [0.2, 0.25) is 0 Å². The fourth-order valence-corrected chi connectivity index (χ4v) is 1.25. The molecule has 0 fully saturated rings. The molecular weight excluding hydrogens is 228 g/mol. The van der Waals surface area contributed by atoms with Crippen LogP contribution in [0.3, 0.4) is 0 Å². The second-order valence-corrected chi connectivity index (χ2v) is 3.45. The molecule has 0 rings (SSSR count). The predicted molar refractivity (Wildman–Crippen MR) is 60.8 cm³/mol. The minimum Gasteiger partial charge on any atom is -0.480 e. The standard InChI is InChI=1S/C10H20N2O5/c1-3-12(5-4-6-13)10(16)11-8(7-17-2)9(14)15/h8,13H,3-7H2,1-2H3,(H,11,16)(H,14,15). The Morgan fingerprint density at radius 1 is 1.47 bits per heavy atom. The molecule has 1 atom stereocenters. The normalized spacial score (nSPS) is 11.9. The summed E-state index contributed by atoms with van der Waals surface area (Å²) in [5.41, 5.74) is 0. The third-order valence-corrected chi connectivity index (χ3v) is 2.18. The Morgan fingerprint density at radius 2 is 2.12 bits per heavy atom. The van der Waals surface area contributed by atoms with Crippen LogP contribution < -0.4 is 5.32 Å². The molecule has 0 aliphatic heterocycles. The van der Waals surface area contributed by atoms with Crippen LogP contribution in [0.4, 0.5) is 4.79 Å². The second-order valence-electron chi connectivity index (χ2n) is 3.45. The number of carboxylic acid groups (broad SMARTS) is 1. The van der Waals surface area contributed by atoms with Crippen LogP contribution >= 0.6 is 0 Å². The van der Waals surface area contributed by atoms with Gasteiger partial charge in [-0.15, -0.1) is 0 Å². The number of methoxy groups -OCH3 is 1. The zero-order valence-electron chi connectivity index (χ0n) is 10.2. The molecule has 0 aliphatic rings. The Hall–Kier alpha value is -1.34. The highest BCUT2D eigenvalue weighted by molar-refractivity contribution is 5.82. The summed E-state index contributed by atoms with van der Waals surface area (Å²) in [5.74, 6) is -1.14. The Balaban J connectivity index is 4.30.